The molecule has 0 saturated carbocycles. The average molecular weight is 518 g/mol. The van der Waals surface area contributed by atoms with Gasteiger partial charge in [-0.15, -0.1) is 12.4 Å². The lowest BCUT2D eigenvalue weighted by molar-refractivity contribution is 0.102. The third-order valence-corrected chi connectivity index (χ3v) is 6.40. The van der Waals surface area contributed by atoms with Crippen LogP contribution < -0.4 is 10.6 Å². The number of halogens is 3. The van der Waals surface area contributed by atoms with Crippen LogP contribution in [0.3, 0.4) is 0 Å². The monoisotopic (exact) mass is 516 g/mol. The molecule has 1 saturated heterocycles. The van der Waals surface area contributed by atoms with Gasteiger partial charge < -0.3 is 15.1 Å². The normalized spacial score (nSPS) is 14.1. The average Bonchev–Trinajstić information content (AvgIpc) is 3.25. The van der Waals surface area contributed by atoms with Crippen molar-refractivity contribution in [3.8, 4) is 11.5 Å². The highest BCUT2D eigenvalue weighted by Gasteiger charge is 2.16. The fraction of sp³-hybridized carbons (Fsp3) is 0.200. The molecule has 0 bridgehead atoms. The van der Waals surface area contributed by atoms with Crippen molar-refractivity contribution in [1.82, 2.24) is 15.2 Å². The summed E-state index contributed by atoms with van der Waals surface area (Å²) in [6.45, 7) is 4.97. The van der Waals surface area contributed by atoms with E-state index in [1.807, 2.05) is 36.4 Å². The minimum absolute atomic E-state index is 0. The summed E-state index contributed by atoms with van der Waals surface area (Å²) in [6, 6.07) is 18.3. The minimum atomic E-state index is -0.296. The molecule has 6 nitrogen and oxygen atoms in total. The molecule has 1 aromatic heterocycles. The van der Waals surface area contributed by atoms with Crippen molar-refractivity contribution >= 4 is 58.3 Å². The third kappa shape index (κ3) is 5.37. The molecule has 34 heavy (non-hydrogen) atoms. The summed E-state index contributed by atoms with van der Waals surface area (Å²) in [4.78, 5) is 19.9. The van der Waals surface area contributed by atoms with E-state index in [1.165, 1.54) is 5.56 Å². The van der Waals surface area contributed by atoms with Crippen molar-refractivity contribution in [2.45, 2.75) is 6.54 Å². The SMILES string of the molecule is Cl.O=C(Nc1ccccc1-c1nc2ccc(CN3CCNCC3)cc2o1)c1ccc(Cl)c(Cl)c1. The molecule has 176 valence electrons. The number of amides is 1. The topological polar surface area (TPSA) is 70.4 Å². The molecule has 0 radical (unpaired) electrons. The lowest BCUT2D eigenvalue weighted by atomic mass is 10.1. The Morgan fingerprint density at radius 3 is 2.62 bits per heavy atom. The van der Waals surface area contributed by atoms with Gasteiger partial charge in [-0.2, -0.15) is 0 Å². The van der Waals surface area contributed by atoms with Crippen LogP contribution in [0, 0.1) is 0 Å². The molecule has 1 amide bonds. The highest BCUT2D eigenvalue weighted by Crippen LogP contribution is 2.31. The molecule has 0 unspecified atom stereocenters. The van der Waals surface area contributed by atoms with E-state index in [1.54, 1.807) is 18.2 Å². The molecule has 1 aliphatic heterocycles. The van der Waals surface area contributed by atoms with Gasteiger partial charge in [0.05, 0.1) is 21.3 Å². The van der Waals surface area contributed by atoms with Crippen LogP contribution in [0.1, 0.15) is 15.9 Å². The van der Waals surface area contributed by atoms with E-state index in [4.69, 9.17) is 27.6 Å². The summed E-state index contributed by atoms with van der Waals surface area (Å²) in [5.74, 6) is 0.157. The van der Waals surface area contributed by atoms with Gasteiger partial charge in [-0.25, -0.2) is 4.98 Å². The molecule has 4 aromatic rings. The van der Waals surface area contributed by atoms with Crippen LogP contribution >= 0.6 is 35.6 Å². The first-order valence-electron chi connectivity index (χ1n) is 10.8. The predicted molar refractivity (Wildman–Crippen MR) is 139 cm³/mol. The number of piperazine rings is 1. The number of carbonyl (C=O) groups is 1. The van der Waals surface area contributed by atoms with Crippen LogP contribution in [-0.4, -0.2) is 42.0 Å². The molecular formula is C25H23Cl3N4O2. The zero-order valence-electron chi connectivity index (χ0n) is 18.2. The highest BCUT2D eigenvalue weighted by molar-refractivity contribution is 6.42. The van der Waals surface area contributed by atoms with Crippen molar-refractivity contribution in [2.24, 2.45) is 0 Å². The number of fused-ring (bicyclic) bond motifs is 1. The van der Waals surface area contributed by atoms with Crippen LogP contribution in [0.15, 0.2) is 65.1 Å². The first-order chi connectivity index (χ1) is 16.1. The molecule has 3 aromatic carbocycles. The van der Waals surface area contributed by atoms with Gasteiger partial charge in [-0.1, -0.05) is 41.4 Å². The van der Waals surface area contributed by atoms with Gasteiger partial charge in [0, 0.05) is 38.3 Å². The van der Waals surface area contributed by atoms with Crippen LogP contribution in [-0.2, 0) is 6.54 Å². The van der Waals surface area contributed by atoms with Crippen molar-refractivity contribution in [1.29, 1.82) is 0 Å². The van der Waals surface area contributed by atoms with Crippen molar-refractivity contribution in [3.05, 3.63) is 81.8 Å². The smallest absolute Gasteiger partial charge is 0.255 e. The number of anilines is 1. The van der Waals surface area contributed by atoms with E-state index in [2.05, 4.69) is 26.6 Å². The summed E-state index contributed by atoms with van der Waals surface area (Å²) in [5, 5.41) is 7.03. The number of benzene rings is 3. The molecule has 9 heteroatoms. The Bertz CT molecular complexity index is 1320. The molecule has 1 aliphatic rings. The number of para-hydroxylation sites is 1. The van der Waals surface area contributed by atoms with Crippen molar-refractivity contribution < 1.29 is 9.21 Å². The highest BCUT2D eigenvalue weighted by atomic mass is 35.5. The van der Waals surface area contributed by atoms with Crippen LogP contribution in [0.4, 0.5) is 5.69 Å². The lowest BCUT2D eigenvalue weighted by Gasteiger charge is -2.27. The first-order valence-corrected chi connectivity index (χ1v) is 11.5. The van der Waals surface area contributed by atoms with E-state index in [9.17, 15) is 4.79 Å². The molecule has 1 fully saturated rings. The fourth-order valence-electron chi connectivity index (χ4n) is 3.92. The quantitative estimate of drug-likeness (QED) is 0.346. The number of hydrogen-bond acceptors (Lipinski definition) is 5. The van der Waals surface area contributed by atoms with Crippen LogP contribution in [0.5, 0.6) is 0 Å². The standard InChI is InChI=1S/C25H22Cl2N4O2.ClH/c26-19-7-6-17(14-20(19)27)24(32)29-21-4-2-1-3-18(21)25-30-22-8-5-16(13-23(22)33-25)15-31-11-9-28-10-12-31;/h1-8,13-14,28H,9-12,15H2,(H,29,32);1H. The largest absolute Gasteiger partial charge is 0.436 e. The van der Waals surface area contributed by atoms with Gasteiger partial charge >= 0.3 is 0 Å². The molecule has 5 rings (SSSR count). The maximum absolute atomic E-state index is 12.8. The van der Waals surface area contributed by atoms with Crippen LogP contribution in [0.25, 0.3) is 22.6 Å². The number of rotatable bonds is 5. The first kappa shape index (κ1) is 24.5. The second kappa shape index (κ2) is 10.8. The Morgan fingerprint density at radius 1 is 1.03 bits per heavy atom. The van der Waals surface area contributed by atoms with Gasteiger partial charge in [0.15, 0.2) is 5.58 Å². The van der Waals surface area contributed by atoms with Gasteiger partial charge in [0.1, 0.15) is 5.52 Å². The second-order valence-corrected chi connectivity index (χ2v) is 8.79. The van der Waals surface area contributed by atoms with Crippen molar-refractivity contribution in [2.75, 3.05) is 31.5 Å². The molecule has 2 heterocycles. The van der Waals surface area contributed by atoms with E-state index < -0.39 is 0 Å². The number of carbonyl (C=O) groups excluding carboxylic acids is 1. The second-order valence-electron chi connectivity index (χ2n) is 7.98. The Balaban J connectivity index is 0.00000274. The van der Waals surface area contributed by atoms with E-state index in [-0.39, 0.29) is 18.3 Å². The summed E-state index contributed by atoms with van der Waals surface area (Å²) in [7, 11) is 0. The number of nitrogens with one attached hydrogen (secondary N) is 2. The van der Waals surface area contributed by atoms with E-state index >= 15 is 0 Å². The van der Waals surface area contributed by atoms with E-state index in [0.29, 0.717) is 32.8 Å². The van der Waals surface area contributed by atoms with Gasteiger partial charge in [0.2, 0.25) is 5.89 Å². The van der Waals surface area contributed by atoms with Crippen LogP contribution in [0.2, 0.25) is 10.0 Å². The Kier molecular flexibility index (Phi) is 7.76. The number of hydrogen-bond donors (Lipinski definition) is 2. The summed E-state index contributed by atoms with van der Waals surface area (Å²) in [6.07, 6.45) is 0. The number of aromatic nitrogens is 1. The molecule has 0 spiro atoms. The maximum atomic E-state index is 12.8. The van der Waals surface area contributed by atoms with E-state index in [0.717, 1.165) is 43.8 Å². The number of oxazole rings is 1. The summed E-state index contributed by atoms with van der Waals surface area (Å²) >= 11 is 12.0. The Hall–Kier alpha value is -2.61. The molecule has 0 atom stereocenters. The van der Waals surface area contributed by atoms with Crippen molar-refractivity contribution in [3.63, 3.8) is 0 Å². The molecular weight excluding hydrogens is 495 g/mol. The summed E-state index contributed by atoms with van der Waals surface area (Å²) in [5.41, 5.74) is 4.40. The zero-order chi connectivity index (χ0) is 22.8. The minimum Gasteiger partial charge on any atom is -0.436 e. The maximum Gasteiger partial charge on any atom is 0.255 e. The molecule has 2 N–H and O–H groups in total. The Labute approximate surface area is 213 Å². The third-order valence-electron chi connectivity index (χ3n) is 5.66. The van der Waals surface area contributed by atoms with Gasteiger partial charge in [-0.3, -0.25) is 9.69 Å². The number of nitrogens with zero attached hydrogens (tertiary/aromatic N) is 2. The fourth-order valence-corrected chi connectivity index (χ4v) is 4.22. The summed E-state index contributed by atoms with van der Waals surface area (Å²) < 4.78 is 6.11. The van der Waals surface area contributed by atoms with Gasteiger partial charge in [0.25, 0.3) is 5.91 Å². The van der Waals surface area contributed by atoms with Gasteiger partial charge in [-0.05, 0) is 48.0 Å². The lowest BCUT2D eigenvalue weighted by Crippen LogP contribution is -2.42. The molecule has 0 aliphatic carbocycles. The predicted octanol–water partition coefficient (Wildman–Crippen LogP) is 5.88. The Morgan fingerprint density at radius 2 is 1.82 bits per heavy atom. The zero-order valence-corrected chi connectivity index (χ0v) is 20.5.